The first-order chi connectivity index (χ1) is 14.4. The first-order valence-electron chi connectivity index (χ1n) is 10.8. The van der Waals surface area contributed by atoms with Crippen LogP contribution in [0.3, 0.4) is 0 Å². The lowest BCUT2D eigenvalue weighted by Gasteiger charge is -2.23. The molecule has 0 radical (unpaired) electrons. The molecule has 0 bridgehead atoms. The average molecular weight is 435 g/mol. The Labute approximate surface area is 181 Å². The predicted octanol–water partition coefficient (Wildman–Crippen LogP) is 3.96. The van der Waals surface area contributed by atoms with Crippen molar-refractivity contribution in [1.29, 1.82) is 0 Å². The van der Waals surface area contributed by atoms with Gasteiger partial charge in [-0.05, 0) is 30.1 Å². The minimum atomic E-state index is -0.258. The van der Waals surface area contributed by atoms with Crippen LogP contribution in [0.4, 0.5) is 0 Å². The summed E-state index contributed by atoms with van der Waals surface area (Å²) in [5, 5.41) is 4.56. The van der Waals surface area contributed by atoms with Crippen LogP contribution in [0.25, 0.3) is 0 Å². The maximum Gasteiger partial charge on any atom is 0.280 e. The van der Waals surface area contributed by atoms with Gasteiger partial charge in [0.15, 0.2) is 0 Å². The smallest absolute Gasteiger partial charge is 0.280 e. The van der Waals surface area contributed by atoms with Crippen LogP contribution >= 0.6 is 0 Å². The third-order valence-corrected chi connectivity index (χ3v) is 5.53. The Morgan fingerprint density at radius 3 is 1.45 bits per heavy atom. The molecule has 172 valence electrons. The van der Waals surface area contributed by atoms with E-state index < -0.39 is 0 Å². The molecule has 31 heavy (non-hydrogen) atoms. The van der Waals surface area contributed by atoms with Gasteiger partial charge in [0.25, 0.3) is 11.1 Å². The minimum Gasteiger partial charge on any atom is -0.384 e. The molecule has 0 amide bonds. The summed E-state index contributed by atoms with van der Waals surface area (Å²) in [4.78, 5) is 46.7. The fourth-order valence-electron chi connectivity index (χ4n) is 3.62. The van der Waals surface area contributed by atoms with Crippen molar-refractivity contribution < 1.29 is 18.6 Å². The zero-order chi connectivity index (χ0) is 23.1. The summed E-state index contributed by atoms with van der Waals surface area (Å²) in [6.45, 7) is 8.16. The number of aromatic nitrogens is 2. The normalized spacial score (nSPS) is 12.3. The van der Waals surface area contributed by atoms with Crippen molar-refractivity contribution in [3.8, 4) is 0 Å². The summed E-state index contributed by atoms with van der Waals surface area (Å²) in [5.41, 5.74) is -0.835. The van der Waals surface area contributed by atoms with Crippen molar-refractivity contribution in [3.05, 3.63) is 44.4 Å². The quantitative estimate of drug-likeness (QED) is 0.463. The van der Waals surface area contributed by atoms with Crippen LogP contribution in [-0.4, -0.2) is 21.9 Å². The van der Waals surface area contributed by atoms with Crippen LogP contribution in [0.5, 0.6) is 0 Å². The summed E-state index contributed by atoms with van der Waals surface area (Å²) >= 11 is 0. The van der Waals surface area contributed by atoms with E-state index >= 15 is 0 Å². The third kappa shape index (κ3) is 9.36. The molecule has 2 heterocycles. The van der Waals surface area contributed by atoms with Crippen LogP contribution < -0.4 is 11.1 Å². The summed E-state index contributed by atoms with van der Waals surface area (Å²) in [6.07, 6.45) is 4.82. The molecule has 2 N–H and O–H groups in total. The Morgan fingerprint density at radius 2 is 1.13 bits per heavy atom. The van der Waals surface area contributed by atoms with E-state index in [-0.39, 0.29) is 33.5 Å². The van der Waals surface area contributed by atoms with Gasteiger partial charge in [0.1, 0.15) is 23.1 Å². The van der Waals surface area contributed by atoms with Gasteiger partial charge in [0, 0.05) is 50.7 Å². The maximum atomic E-state index is 12.2. The van der Waals surface area contributed by atoms with Gasteiger partial charge < -0.3 is 9.05 Å². The molecule has 2 aromatic rings. The molecule has 0 unspecified atom stereocenters. The highest BCUT2D eigenvalue weighted by molar-refractivity contribution is 5.81. The molecule has 2 aromatic heterocycles. The van der Waals surface area contributed by atoms with Gasteiger partial charge in [-0.3, -0.25) is 19.2 Å². The van der Waals surface area contributed by atoms with Gasteiger partial charge in [-0.1, -0.05) is 27.7 Å². The predicted molar refractivity (Wildman–Crippen MR) is 116 cm³/mol. The van der Waals surface area contributed by atoms with E-state index in [0.717, 1.165) is 0 Å². The summed E-state index contributed by atoms with van der Waals surface area (Å²) < 4.78 is 10.2. The molecular weight excluding hydrogens is 400 g/mol. The molecule has 0 aliphatic carbocycles. The number of rotatable bonds is 14. The van der Waals surface area contributed by atoms with E-state index in [2.05, 4.69) is 10.3 Å². The number of H-pyrrole nitrogens is 2. The highest BCUT2D eigenvalue weighted by Gasteiger charge is 2.23. The summed E-state index contributed by atoms with van der Waals surface area (Å²) in [7, 11) is 0. The summed E-state index contributed by atoms with van der Waals surface area (Å²) in [5.74, 6) is 1.49. The van der Waals surface area contributed by atoms with E-state index in [1.54, 1.807) is 0 Å². The Balaban J connectivity index is 1.63. The Morgan fingerprint density at radius 1 is 0.742 bits per heavy atom. The van der Waals surface area contributed by atoms with Crippen LogP contribution in [0, 0.1) is 10.8 Å². The van der Waals surface area contributed by atoms with Crippen LogP contribution in [0.15, 0.2) is 30.8 Å². The number of aromatic amines is 2. The van der Waals surface area contributed by atoms with Gasteiger partial charge >= 0.3 is 0 Å². The molecule has 2 rings (SSSR count). The molecule has 8 heteroatoms. The standard InChI is InChI=1S/C23H34N2O6/c1-22(2,14-18-12-20(28)24-30-18)10-8-16(26)6-5-7-17(27)9-11-23(3,4)15-19-13-21(29)25-31-19/h12-13H,5-11,14-15H2,1-4H3,(H,24,28)(H,25,29). The number of hydrogen-bond donors (Lipinski definition) is 2. The maximum absolute atomic E-state index is 12.2. The molecule has 0 saturated carbocycles. The first kappa shape index (κ1) is 24.6. The molecule has 0 saturated heterocycles. The van der Waals surface area contributed by atoms with Crippen LogP contribution in [0.1, 0.15) is 84.2 Å². The van der Waals surface area contributed by atoms with Crippen LogP contribution in [0.2, 0.25) is 0 Å². The largest absolute Gasteiger partial charge is 0.384 e. The van der Waals surface area contributed by atoms with Crippen molar-refractivity contribution in [2.75, 3.05) is 0 Å². The lowest BCUT2D eigenvalue weighted by atomic mass is 9.82. The summed E-state index contributed by atoms with van der Waals surface area (Å²) in [6, 6.07) is 2.87. The van der Waals surface area contributed by atoms with E-state index in [1.807, 2.05) is 27.7 Å². The number of carbonyl (C=O) groups is 2. The van der Waals surface area contributed by atoms with Crippen molar-refractivity contribution in [2.45, 2.75) is 85.5 Å². The second-order valence-electron chi connectivity index (χ2n) is 9.97. The minimum absolute atomic E-state index is 0.152. The van der Waals surface area contributed by atoms with E-state index in [0.29, 0.717) is 69.3 Å². The van der Waals surface area contributed by atoms with Crippen molar-refractivity contribution in [1.82, 2.24) is 10.3 Å². The molecule has 0 atom stereocenters. The van der Waals surface area contributed by atoms with Gasteiger partial charge in [-0.25, -0.2) is 0 Å². The molecule has 0 spiro atoms. The number of hydrogen-bond acceptors (Lipinski definition) is 6. The van der Waals surface area contributed by atoms with Crippen molar-refractivity contribution in [3.63, 3.8) is 0 Å². The van der Waals surface area contributed by atoms with Gasteiger partial charge in [-0.15, -0.1) is 0 Å². The molecule has 0 fully saturated rings. The highest BCUT2D eigenvalue weighted by Crippen LogP contribution is 2.29. The van der Waals surface area contributed by atoms with Crippen molar-refractivity contribution in [2.24, 2.45) is 10.8 Å². The number of ketones is 2. The number of Topliss-reactive ketones (excluding diaryl/α,β-unsaturated/α-hetero) is 2. The number of carbonyl (C=O) groups excluding carboxylic acids is 2. The lowest BCUT2D eigenvalue weighted by Crippen LogP contribution is -2.17. The number of nitrogens with one attached hydrogen (secondary N) is 2. The van der Waals surface area contributed by atoms with Gasteiger partial charge in [-0.2, -0.15) is 10.3 Å². The fourth-order valence-corrected chi connectivity index (χ4v) is 3.62. The van der Waals surface area contributed by atoms with E-state index in [1.165, 1.54) is 12.1 Å². The van der Waals surface area contributed by atoms with Gasteiger partial charge in [0.05, 0.1) is 0 Å². The molecular formula is C23H34N2O6. The molecule has 0 aliphatic rings. The zero-order valence-electron chi connectivity index (χ0n) is 19.0. The van der Waals surface area contributed by atoms with Crippen LogP contribution in [-0.2, 0) is 22.4 Å². The fraction of sp³-hybridized carbons (Fsp3) is 0.652. The lowest BCUT2D eigenvalue weighted by molar-refractivity contribution is -0.121. The topological polar surface area (TPSA) is 126 Å². The molecule has 0 aliphatic heterocycles. The molecule has 0 aromatic carbocycles. The van der Waals surface area contributed by atoms with E-state index in [4.69, 9.17) is 9.05 Å². The zero-order valence-corrected chi connectivity index (χ0v) is 19.0. The Bertz CT molecular complexity index is 894. The third-order valence-electron chi connectivity index (χ3n) is 5.53. The molecule has 8 nitrogen and oxygen atoms in total. The Hall–Kier alpha value is -2.64. The van der Waals surface area contributed by atoms with Crippen molar-refractivity contribution >= 4 is 11.6 Å². The monoisotopic (exact) mass is 434 g/mol. The highest BCUT2D eigenvalue weighted by atomic mass is 16.5. The second kappa shape index (κ2) is 10.6. The van der Waals surface area contributed by atoms with Gasteiger partial charge in [0.2, 0.25) is 0 Å². The first-order valence-corrected chi connectivity index (χ1v) is 10.8. The second-order valence-corrected chi connectivity index (χ2v) is 9.97. The van der Waals surface area contributed by atoms with E-state index in [9.17, 15) is 19.2 Å². The SMILES string of the molecule is CC(C)(CCC(=O)CCCC(=O)CCC(C)(C)Cc1cc(=O)[nH]o1)Cc1cc(=O)[nH]o1. The Kier molecular flexibility index (Phi) is 8.42. The average Bonchev–Trinajstić information content (AvgIpc) is 3.25.